The molecule has 0 bridgehead atoms. The summed E-state index contributed by atoms with van der Waals surface area (Å²) >= 11 is 0. The van der Waals surface area contributed by atoms with E-state index >= 15 is 0 Å². The third-order valence-electron chi connectivity index (χ3n) is 3.97. The Morgan fingerprint density at radius 3 is 2.67 bits per heavy atom. The van der Waals surface area contributed by atoms with Crippen molar-refractivity contribution in [3.05, 3.63) is 91.8 Å². The van der Waals surface area contributed by atoms with Crippen LogP contribution in [0.4, 0.5) is 11.4 Å². The first-order chi connectivity index (χ1) is 14.3. The maximum atomic E-state index is 12.3. The lowest BCUT2D eigenvalue weighted by Crippen LogP contribution is -2.18. The summed E-state index contributed by atoms with van der Waals surface area (Å²) in [5.41, 5.74) is 1.60. The molecule has 30 heavy (non-hydrogen) atoms. The van der Waals surface area contributed by atoms with Crippen LogP contribution in [0, 0.1) is 20.2 Å². The van der Waals surface area contributed by atoms with Gasteiger partial charge in [0.15, 0.2) is 0 Å². The Labute approximate surface area is 168 Å². The normalized spacial score (nSPS) is 10.8. The molecule has 1 heterocycles. The second-order valence-electron chi connectivity index (χ2n) is 6.02. The second kappa shape index (κ2) is 8.60. The number of carbonyl (C=O) groups is 1. The summed E-state index contributed by atoms with van der Waals surface area (Å²) in [6, 6.07) is 10.0. The number of aromatic nitrogens is 2. The van der Waals surface area contributed by atoms with Crippen molar-refractivity contribution in [2.24, 2.45) is 5.10 Å². The molecule has 12 heteroatoms. The third-order valence-corrected chi connectivity index (χ3v) is 3.97. The number of nitro benzene ring substituents is 2. The van der Waals surface area contributed by atoms with Crippen molar-refractivity contribution in [2.45, 2.75) is 6.54 Å². The van der Waals surface area contributed by atoms with E-state index < -0.39 is 32.9 Å². The van der Waals surface area contributed by atoms with Crippen molar-refractivity contribution in [3.8, 4) is 5.75 Å². The summed E-state index contributed by atoms with van der Waals surface area (Å²) in [6.45, 7) is 0.461. The summed E-state index contributed by atoms with van der Waals surface area (Å²) in [6.07, 6.45) is 4.31. The highest BCUT2D eigenvalue weighted by Crippen LogP contribution is 2.33. The van der Waals surface area contributed by atoms with Gasteiger partial charge >= 0.3 is 5.69 Å². The van der Waals surface area contributed by atoms with Gasteiger partial charge in [-0.25, -0.2) is 5.43 Å². The summed E-state index contributed by atoms with van der Waals surface area (Å²) < 4.78 is 1.69. The van der Waals surface area contributed by atoms with Gasteiger partial charge in [-0.3, -0.25) is 29.7 Å². The molecular weight excluding hydrogens is 396 g/mol. The number of hydrogen-bond donors (Lipinski definition) is 2. The topological polar surface area (TPSA) is 166 Å². The molecule has 0 atom stereocenters. The lowest BCUT2D eigenvalue weighted by atomic mass is 10.1. The minimum atomic E-state index is -0.955. The molecule has 0 aliphatic carbocycles. The van der Waals surface area contributed by atoms with Gasteiger partial charge in [-0.05, 0) is 23.8 Å². The van der Waals surface area contributed by atoms with Crippen molar-refractivity contribution in [1.29, 1.82) is 0 Å². The molecule has 2 N–H and O–H groups in total. The first-order valence-corrected chi connectivity index (χ1v) is 8.40. The average molecular weight is 410 g/mol. The molecule has 3 aromatic rings. The van der Waals surface area contributed by atoms with Gasteiger partial charge in [-0.1, -0.05) is 12.1 Å². The smallest absolute Gasteiger partial charge is 0.318 e. The van der Waals surface area contributed by atoms with E-state index in [-0.39, 0.29) is 5.56 Å². The number of hydrazone groups is 1. The van der Waals surface area contributed by atoms with E-state index in [2.05, 4.69) is 15.6 Å². The Bertz CT molecular complexity index is 1140. The fraction of sp³-hybridized carbons (Fsp3) is 0.0556. The van der Waals surface area contributed by atoms with Crippen LogP contribution in [-0.4, -0.2) is 36.9 Å². The van der Waals surface area contributed by atoms with Crippen LogP contribution in [0.5, 0.6) is 5.75 Å². The number of phenols is 1. The van der Waals surface area contributed by atoms with Crippen LogP contribution in [0.3, 0.4) is 0 Å². The lowest BCUT2D eigenvalue weighted by Gasteiger charge is -2.05. The number of aromatic hydroxyl groups is 1. The Balaban J connectivity index is 1.76. The van der Waals surface area contributed by atoms with Gasteiger partial charge in [0, 0.05) is 24.0 Å². The summed E-state index contributed by atoms with van der Waals surface area (Å²) in [5.74, 6) is -1.38. The zero-order valence-corrected chi connectivity index (χ0v) is 15.2. The van der Waals surface area contributed by atoms with Crippen LogP contribution < -0.4 is 5.43 Å². The largest absolute Gasteiger partial charge is 0.502 e. The van der Waals surface area contributed by atoms with E-state index in [1.807, 2.05) is 6.07 Å². The highest BCUT2D eigenvalue weighted by molar-refractivity contribution is 5.95. The first kappa shape index (κ1) is 20.1. The van der Waals surface area contributed by atoms with Gasteiger partial charge in [0.1, 0.15) is 0 Å². The molecule has 0 aliphatic heterocycles. The van der Waals surface area contributed by atoms with Gasteiger partial charge in [-0.15, -0.1) is 0 Å². The average Bonchev–Trinajstić information content (AvgIpc) is 3.22. The maximum Gasteiger partial charge on any atom is 0.318 e. The highest BCUT2D eigenvalue weighted by atomic mass is 16.6. The minimum absolute atomic E-state index is 0.288. The quantitative estimate of drug-likeness (QED) is 0.342. The number of nitrogens with one attached hydrogen (secondary N) is 1. The number of non-ortho nitro benzene ring substituents is 1. The van der Waals surface area contributed by atoms with Crippen LogP contribution in [0.15, 0.2) is 60.0 Å². The van der Waals surface area contributed by atoms with E-state index in [1.165, 1.54) is 0 Å². The standard InChI is InChI=1S/C18H14N6O6/c25-17-14(8-15(23(27)28)9-16(17)24(29)30)10-19-21-18(26)13-4-1-3-12(7-13)11-22-6-2-5-20-22/h1-10,25H,11H2,(H,21,26)/b19-10+. The molecule has 0 saturated carbocycles. The monoisotopic (exact) mass is 410 g/mol. The number of nitro groups is 2. The highest BCUT2D eigenvalue weighted by Gasteiger charge is 2.23. The zero-order chi connectivity index (χ0) is 21.7. The van der Waals surface area contributed by atoms with Gasteiger partial charge < -0.3 is 5.11 Å². The molecule has 0 unspecified atom stereocenters. The van der Waals surface area contributed by atoms with Crippen LogP contribution in [0.1, 0.15) is 21.5 Å². The van der Waals surface area contributed by atoms with Crippen LogP contribution in [0.2, 0.25) is 0 Å². The fourth-order valence-electron chi connectivity index (χ4n) is 2.59. The zero-order valence-electron chi connectivity index (χ0n) is 15.2. The number of phenolic OH excluding ortho intramolecular Hbond substituents is 1. The Morgan fingerprint density at radius 1 is 1.20 bits per heavy atom. The Morgan fingerprint density at radius 2 is 2.00 bits per heavy atom. The summed E-state index contributed by atoms with van der Waals surface area (Å²) in [4.78, 5) is 32.4. The van der Waals surface area contributed by atoms with Crippen molar-refractivity contribution >= 4 is 23.5 Å². The van der Waals surface area contributed by atoms with Crippen molar-refractivity contribution in [3.63, 3.8) is 0 Å². The van der Waals surface area contributed by atoms with Crippen LogP contribution in [-0.2, 0) is 6.54 Å². The van der Waals surface area contributed by atoms with E-state index in [1.54, 1.807) is 41.3 Å². The fourth-order valence-corrected chi connectivity index (χ4v) is 2.59. The van der Waals surface area contributed by atoms with E-state index in [4.69, 9.17) is 0 Å². The molecule has 12 nitrogen and oxygen atoms in total. The summed E-state index contributed by atoms with van der Waals surface area (Å²) in [7, 11) is 0. The molecule has 152 valence electrons. The molecule has 1 amide bonds. The van der Waals surface area contributed by atoms with Crippen LogP contribution in [0.25, 0.3) is 0 Å². The molecule has 0 radical (unpaired) electrons. The number of amides is 1. The molecule has 1 aromatic heterocycles. The van der Waals surface area contributed by atoms with Crippen molar-refractivity contribution in [2.75, 3.05) is 0 Å². The second-order valence-corrected chi connectivity index (χ2v) is 6.02. The SMILES string of the molecule is O=C(N/N=C/c1cc([N+](=O)[O-])cc([N+](=O)[O-])c1O)c1cccc(Cn2cccn2)c1. The van der Waals surface area contributed by atoms with Crippen molar-refractivity contribution in [1.82, 2.24) is 15.2 Å². The molecular formula is C18H14N6O6. The first-order valence-electron chi connectivity index (χ1n) is 8.40. The van der Waals surface area contributed by atoms with E-state index in [0.717, 1.165) is 17.8 Å². The predicted molar refractivity (Wildman–Crippen MR) is 104 cm³/mol. The lowest BCUT2D eigenvalue weighted by molar-refractivity contribution is -0.394. The Kier molecular flexibility index (Phi) is 5.77. The van der Waals surface area contributed by atoms with Crippen molar-refractivity contribution < 1.29 is 19.7 Å². The minimum Gasteiger partial charge on any atom is -0.502 e. The van der Waals surface area contributed by atoms with E-state index in [0.29, 0.717) is 18.2 Å². The number of benzene rings is 2. The molecule has 2 aromatic carbocycles. The summed E-state index contributed by atoms with van der Waals surface area (Å²) in [5, 5.41) is 39.6. The van der Waals surface area contributed by atoms with Gasteiger partial charge in [0.25, 0.3) is 11.6 Å². The maximum absolute atomic E-state index is 12.3. The van der Waals surface area contributed by atoms with Crippen LogP contribution >= 0.6 is 0 Å². The molecule has 3 rings (SSSR count). The molecule has 0 fully saturated rings. The van der Waals surface area contributed by atoms with Gasteiger partial charge in [-0.2, -0.15) is 10.2 Å². The predicted octanol–water partition coefficient (Wildman–Crippen LogP) is 2.22. The number of nitrogens with zero attached hydrogens (tertiary/aromatic N) is 5. The van der Waals surface area contributed by atoms with Gasteiger partial charge in [0.05, 0.1) is 34.2 Å². The number of rotatable bonds is 7. The van der Waals surface area contributed by atoms with E-state index in [9.17, 15) is 30.1 Å². The molecule has 0 saturated heterocycles. The number of carbonyl (C=O) groups excluding carboxylic acids is 1. The third kappa shape index (κ3) is 4.62. The molecule has 0 aliphatic rings. The molecule has 0 spiro atoms. The van der Waals surface area contributed by atoms with Gasteiger partial charge in [0.2, 0.25) is 5.75 Å². The Hall–Kier alpha value is -4.61. The number of hydrogen-bond acceptors (Lipinski definition) is 8.